The maximum atomic E-state index is 11.5. The smallest absolute Gasteiger partial charge is 0.250 e. The second kappa shape index (κ2) is 7.61. The summed E-state index contributed by atoms with van der Waals surface area (Å²) in [6.07, 6.45) is 0. The summed E-state index contributed by atoms with van der Waals surface area (Å²) in [5.41, 5.74) is 1.88. The fourth-order valence-electron chi connectivity index (χ4n) is 2.81. The summed E-state index contributed by atoms with van der Waals surface area (Å²) in [5, 5.41) is 6.40. The van der Waals surface area contributed by atoms with Crippen LogP contribution in [-0.4, -0.2) is 49.7 Å². The first-order valence-electron chi connectivity index (χ1n) is 7.89. The number of methoxy groups -OCH3 is 1. The number of hydrogen-bond acceptors (Lipinski definition) is 4. The summed E-state index contributed by atoms with van der Waals surface area (Å²) in [6, 6.07) is 8.90. The predicted molar refractivity (Wildman–Crippen MR) is 90.2 cm³/mol. The third-order valence-corrected chi connectivity index (χ3v) is 4.17. The number of carbonyl (C=O) groups is 1. The molecule has 2 atom stereocenters. The Kier molecular flexibility index (Phi) is 5.80. The highest BCUT2D eigenvalue weighted by molar-refractivity contribution is 5.91. The van der Waals surface area contributed by atoms with Crippen molar-refractivity contribution in [2.24, 2.45) is 5.92 Å². The molecule has 0 saturated carbocycles. The van der Waals surface area contributed by atoms with Gasteiger partial charge in [-0.1, -0.05) is 6.92 Å². The summed E-state index contributed by atoms with van der Waals surface area (Å²) in [5.74, 6) is 0.490. The Morgan fingerprint density at radius 3 is 2.45 bits per heavy atom. The van der Waals surface area contributed by atoms with Crippen LogP contribution in [-0.2, 0) is 9.53 Å². The summed E-state index contributed by atoms with van der Waals surface area (Å²) in [6.45, 7) is 9.06. The molecule has 1 aromatic rings. The third kappa shape index (κ3) is 4.45. The molecule has 5 heteroatoms. The topological polar surface area (TPSA) is 53.6 Å². The highest BCUT2D eigenvalue weighted by Crippen LogP contribution is 2.23. The fourth-order valence-corrected chi connectivity index (χ4v) is 2.81. The molecule has 1 amide bonds. The molecule has 122 valence electrons. The SMILES string of the molecule is COCC(=O)Nc1ccc(N[C@H]2CN(C(C)C)C[C@@H]2C)cc1. The highest BCUT2D eigenvalue weighted by Gasteiger charge is 2.30. The Bertz CT molecular complexity index is 487. The lowest BCUT2D eigenvalue weighted by Crippen LogP contribution is -2.31. The van der Waals surface area contributed by atoms with E-state index in [1.54, 1.807) is 0 Å². The summed E-state index contributed by atoms with van der Waals surface area (Å²) in [4.78, 5) is 14.0. The van der Waals surface area contributed by atoms with E-state index < -0.39 is 0 Å². The minimum absolute atomic E-state index is 0.0740. The van der Waals surface area contributed by atoms with E-state index in [0.29, 0.717) is 18.0 Å². The zero-order chi connectivity index (χ0) is 16.1. The van der Waals surface area contributed by atoms with Crippen molar-refractivity contribution in [1.29, 1.82) is 0 Å². The van der Waals surface area contributed by atoms with Gasteiger partial charge in [0.15, 0.2) is 0 Å². The van der Waals surface area contributed by atoms with E-state index in [4.69, 9.17) is 4.74 Å². The Hall–Kier alpha value is -1.59. The molecular weight excluding hydrogens is 278 g/mol. The Balaban J connectivity index is 1.90. The first-order chi connectivity index (χ1) is 10.5. The van der Waals surface area contributed by atoms with E-state index in [1.165, 1.54) is 7.11 Å². The molecule has 1 aliphatic rings. The second-order valence-corrected chi connectivity index (χ2v) is 6.33. The molecule has 0 radical (unpaired) electrons. The molecule has 22 heavy (non-hydrogen) atoms. The van der Waals surface area contributed by atoms with Crippen LogP contribution in [0.25, 0.3) is 0 Å². The minimum atomic E-state index is -0.139. The van der Waals surface area contributed by atoms with Gasteiger partial charge in [0, 0.05) is 43.7 Å². The summed E-state index contributed by atoms with van der Waals surface area (Å²) < 4.78 is 4.80. The minimum Gasteiger partial charge on any atom is -0.381 e. The molecule has 1 aromatic carbocycles. The molecule has 1 aliphatic heterocycles. The van der Waals surface area contributed by atoms with Crippen LogP contribution in [0.3, 0.4) is 0 Å². The molecule has 0 bridgehead atoms. The lowest BCUT2D eigenvalue weighted by atomic mass is 10.1. The number of anilines is 2. The Morgan fingerprint density at radius 1 is 1.27 bits per heavy atom. The molecule has 1 saturated heterocycles. The maximum Gasteiger partial charge on any atom is 0.250 e. The quantitative estimate of drug-likeness (QED) is 0.847. The summed E-state index contributed by atoms with van der Waals surface area (Å²) >= 11 is 0. The van der Waals surface area contributed by atoms with Gasteiger partial charge in [-0.25, -0.2) is 0 Å². The van der Waals surface area contributed by atoms with Crippen LogP contribution < -0.4 is 10.6 Å². The van der Waals surface area contributed by atoms with Gasteiger partial charge in [-0.2, -0.15) is 0 Å². The van der Waals surface area contributed by atoms with Gasteiger partial charge in [0.25, 0.3) is 0 Å². The predicted octanol–water partition coefficient (Wildman–Crippen LogP) is 2.41. The highest BCUT2D eigenvalue weighted by atomic mass is 16.5. The zero-order valence-electron chi connectivity index (χ0n) is 13.9. The van der Waals surface area contributed by atoms with Crippen molar-refractivity contribution in [3.63, 3.8) is 0 Å². The van der Waals surface area contributed by atoms with Crippen molar-refractivity contribution in [3.05, 3.63) is 24.3 Å². The van der Waals surface area contributed by atoms with Crippen LogP contribution >= 0.6 is 0 Å². The van der Waals surface area contributed by atoms with Gasteiger partial charge in [-0.05, 0) is 44.0 Å². The first-order valence-corrected chi connectivity index (χ1v) is 7.89. The van der Waals surface area contributed by atoms with E-state index in [-0.39, 0.29) is 12.5 Å². The van der Waals surface area contributed by atoms with Crippen molar-refractivity contribution >= 4 is 17.3 Å². The average Bonchev–Trinajstić information content (AvgIpc) is 2.83. The Labute approximate surface area is 133 Å². The average molecular weight is 305 g/mol. The van der Waals surface area contributed by atoms with Crippen LogP contribution in [0.1, 0.15) is 20.8 Å². The molecule has 1 fully saturated rings. The number of ether oxygens (including phenoxy) is 1. The van der Waals surface area contributed by atoms with E-state index >= 15 is 0 Å². The lowest BCUT2D eigenvalue weighted by Gasteiger charge is -2.21. The first kappa shape index (κ1) is 16.8. The number of nitrogens with one attached hydrogen (secondary N) is 2. The molecular formula is C17H27N3O2. The van der Waals surface area contributed by atoms with E-state index in [2.05, 4.69) is 36.3 Å². The van der Waals surface area contributed by atoms with Crippen molar-refractivity contribution < 1.29 is 9.53 Å². The number of likely N-dealkylation sites (tertiary alicyclic amines) is 1. The number of rotatable bonds is 6. The van der Waals surface area contributed by atoms with Crippen molar-refractivity contribution in [1.82, 2.24) is 4.90 Å². The fraction of sp³-hybridized carbons (Fsp3) is 0.588. The number of nitrogens with zero attached hydrogens (tertiary/aromatic N) is 1. The maximum absolute atomic E-state index is 11.5. The van der Waals surface area contributed by atoms with Crippen LogP contribution in [0.15, 0.2) is 24.3 Å². The van der Waals surface area contributed by atoms with Crippen molar-refractivity contribution in [2.45, 2.75) is 32.9 Å². The van der Waals surface area contributed by atoms with Crippen LogP contribution in [0.5, 0.6) is 0 Å². The van der Waals surface area contributed by atoms with Gasteiger partial charge in [0.05, 0.1) is 0 Å². The monoisotopic (exact) mass is 305 g/mol. The molecule has 2 rings (SSSR count). The van der Waals surface area contributed by atoms with Crippen molar-refractivity contribution in [3.8, 4) is 0 Å². The molecule has 0 unspecified atom stereocenters. The number of benzene rings is 1. The normalized spacial score (nSPS) is 22.0. The Morgan fingerprint density at radius 2 is 1.91 bits per heavy atom. The standard InChI is InChI=1S/C17H27N3O2/c1-12(2)20-9-13(3)16(10-20)18-14-5-7-15(8-6-14)19-17(21)11-22-4/h5-8,12-13,16,18H,9-11H2,1-4H3,(H,19,21)/t13-,16-/m0/s1. The zero-order valence-corrected chi connectivity index (χ0v) is 13.9. The molecule has 2 N–H and O–H groups in total. The largest absolute Gasteiger partial charge is 0.381 e. The van der Waals surface area contributed by atoms with Crippen LogP contribution in [0.2, 0.25) is 0 Å². The lowest BCUT2D eigenvalue weighted by molar-refractivity contribution is -0.119. The van der Waals surface area contributed by atoms with Gasteiger partial charge in [-0.3, -0.25) is 9.69 Å². The van der Waals surface area contributed by atoms with E-state index in [1.807, 2.05) is 24.3 Å². The van der Waals surface area contributed by atoms with Gasteiger partial charge in [0.2, 0.25) is 5.91 Å². The van der Waals surface area contributed by atoms with Gasteiger partial charge in [-0.15, -0.1) is 0 Å². The van der Waals surface area contributed by atoms with Crippen molar-refractivity contribution in [2.75, 3.05) is 37.4 Å². The summed E-state index contributed by atoms with van der Waals surface area (Å²) in [7, 11) is 1.51. The molecule has 0 aromatic heterocycles. The molecule has 0 aliphatic carbocycles. The number of hydrogen-bond donors (Lipinski definition) is 2. The van der Waals surface area contributed by atoms with E-state index in [0.717, 1.165) is 24.5 Å². The van der Waals surface area contributed by atoms with Crippen LogP contribution in [0.4, 0.5) is 11.4 Å². The molecule has 0 spiro atoms. The second-order valence-electron chi connectivity index (χ2n) is 6.33. The van der Waals surface area contributed by atoms with Gasteiger partial charge in [0.1, 0.15) is 6.61 Å². The van der Waals surface area contributed by atoms with Crippen LogP contribution in [0, 0.1) is 5.92 Å². The van der Waals surface area contributed by atoms with Gasteiger partial charge < -0.3 is 15.4 Å². The van der Waals surface area contributed by atoms with E-state index in [9.17, 15) is 4.79 Å². The third-order valence-electron chi connectivity index (χ3n) is 4.17. The van der Waals surface area contributed by atoms with Gasteiger partial charge >= 0.3 is 0 Å². The number of carbonyl (C=O) groups excluding carboxylic acids is 1. The molecule has 1 heterocycles. The number of amides is 1. The molecule has 5 nitrogen and oxygen atoms in total.